The third-order valence-corrected chi connectivity index (χ3v) is 1.63. The molecule has 0 bridgehead atoms. The first-order valence-electron chi connectivity index (χ1n) is 3.56. The molecule has 1 aliphatic rings. The quantitative estimate of drug-likeness (QED) is 0.596. The minimum absolute atomic E-state index is 0.287. The number of epoxide rings is 1. The van der Waals surface area contributed by atoms with Gasteiger partial charge in [-0.2, -0.15) is 0 Å². The normalized spacial score (nSPS) is 21.7. The van der Waals surface area contributed by atoms with Crippen molar-refractivity contribution in [1.82, 2.24) is 4.98 Å². The second kappa shape index (κ2) is 2.58. The molecule has 11 heavy (non-hydrogen) atoms. The largest absolute Gasteiger partial charge is 0.373 e. The molecule has 0 aromatic carbocycles. The zero-order valence-corrected chi connectivity index (χ0v) is 5.96. The Morgan fingerprint density at radius 3 is 3.00 bits per heavy atom. The van der Waals surface area contributed by atoms with Crippen LogP contribution in [0, 0.1) is 5.82 Å². The number of ether oxygens (including phenoxy) is 1. The lowest BCUT2D eigenvalue weighted by Crippen LogP contribution is -1.95. The highest BCUT2D eigenvalue weighted by atomic mass is 19.1. The van der Waals surface area contributed by atoms with E-state index in [2.05, 4.69) is 4.98 Å². The lowest BCUT2D eigenvalue weighted by Gasteiger charge is -1.94. The van der Waals surface area contributed by atoms with Gasteiger partial charge in [0.25, 0.3) is 0 Å². The van der Waals surface area contributed by atoms with Crippen LogP contribution in [-0.2, 0) is 11.2 Å². The van der Waals surface area contributed by atoms with Crippen LogP contribution in [0.25, 0.3) is 0 Å². The summed E-state index contributed by atoms with van der Waals surface area (Å²) in [5, 5.41) is 0. The van der Waals surface area contributed by atoms with E-state index in [1.54, 1.807) is 6.07 Å². The molecule has 1 aromatic heterocycles. The first-order valence-corrected chi connectivity index (χ1v) is 3.56. The van der Waals surface area contributed by atoms with E-state index in [0.717, 1.165) is 18.7 Å². The second-order valence-corrected chi connectivity index (χ2v) is 2.63. The van der Waals surface area contributed by atoms with Gasteiger partial charge in [-0.15, -0.1) is 0 Å². The zero-order valence-electron chi connectivity index (χ0n) is 5.96. The molecule has 2 heterocycles. The molecule has 3 heteroatoms. The minimum Gasteiger partial charge on any atom is -0.373 e. The third kappa shape index (κ3) is 1.74. The van der Waals surface area contributed by atoms with Crippen molar-refractivity contribution in [3.8, 4) is 0 Å². The molecule has 0 saturated carbocycles. The highest BCUT2D eigenvalue weighted by Crippen LogP contribution is 2.14. The topological polar surface area (TPSA) is 25.4 Å². The van der Waals surface area contributed by atoms with E-state index >= 15 is 0 Å². The molecular weight excluding hydrogens is 145 g/mol. The van der Waals surface area contributed by atoms with Crippen molar-refractivity contribution in [2.45, 2.75) is 12.5 Å². The van der Waals surface area contributed by atoms with Gasteiger partial charge in [0, 0.05) is 12.1 Å². The van der Waals surface area contributed by atoms with E-state index in [4.69, 9.17) is 4.74 Å². The van der Waals surface area contributed by atoms with Gasteiger partial charge >= 0.3 is 0 Å². The number of nitrogens with zero attached hydrogens (tertiary/aromatic N) is 1. The summed E-state index contributed by atoms with van der Waals surface area (Å²) in [5.41, 5.74) is 0.897. The average molecular weight is 153 g/mol. The van der Waals surface area contributed by atoms with Crippen LogP contribution < -0.4 is 0 Å². The Bertz CT molecular complexity index is 243. The average Bonchev–Trinajstić information content (AvgIpc) is 2.78. The first kappa shape index (κ1) is 6.73. The number of aromatic nitrogens is 1. The van der Waals surface area contributed by atoms with Crippen molar-refractivity contribution in [3.63, 3.8) is 0 Å². The molecule has 1 saturated heterocycles. The molecule has 58 valence electrons. The maximum atomic E-state index is 12.3. The summed E-state index contributed by atoms with van der Waals surface area (Å²) in [6.45, 7) is 0.819. The van der Waals surface area contributed by atoms with E-state index in [9.17, 15) is 4.39 Å². The maximum Gasteiger partial charge on any atom is 0.141 e. The highest BCUT2D eigenvalue weighted by molar-refractivity contribution is 5.07. The van der Waals surface area contributed by atoms with Gasteiger partial charge < -0.3 is 4.74 Å². The van der Waals surface area contributed by atoms with Crippen LogP contribution in [0.3, 0.4) is 0 Å². The van der Waals surface area contributed by atoms with Gasteiger partial charge in [0.1, 0.15) is 5.82 Å². The van der Waals surface area contributed by atoms with Crippen LogP contribution in [0.2, 0.25) is 0 Å². The van der Waals surface area contributed by atoms with Gasteiger partial charge in [0.2, 0.25) is 0 Å². The van der Waals surface area contributed by atoms with Crippen LogP contribution in [0.5, 0.6) is 0 Å². The van der Waals surface area contributed by atoms with Crippen molar-refractivity contribution in [2.24, 2.45) is 0 Å². The van der Waals surface area contributed by atoms with Crippen molar-refractivity contribution in [2.75, 3.05) is 6.61 Å². The SMILES string of the molecule is Fc1ccc(CC2CO2)nc1. The molecule has 0 N–H and O–H groups in total. The number of halogens is 1. The lowest BCUT2D eigenvalue weighted by molar-refractivity contribution is 0.406. The fourth-order valence-electron chi connectivity index (χ4n) is 0.946. The molecule has 0 aliphatic carbocycles. The standard InChI is InChI=1S/C8H8FNO/c9-6-1-2-7(10-4-6)3-8-5-11-8/h1-2,4,8H,3,5H2. The monoisotopic (exact) mass is 153 g/mol. The molecule has 0 spiro atoms. The summed E-state index contributed by atoms with van der Waals surface area (Å²) in [6.07, 6.45) is 2.37. The number of rotatable bonds is 2. The van der Waals surface area contributed by atoms with Gasteiger partial charge in [0.05, 0.1) is 18.9 Å². The first-order chi connectivity index (χ1) is 5.34. The Hall–Kier alpha value is -0.960. The summed E-state index contributed by atoms with van der Waals surface area (Å²) in [7, 11) is 0. The smallest absolute Gasteiger partial charge is 0.141 e. The second-order valence-electron chi connectivity index (χ2n) is 2.63. The van der Waals surface area contributed by atoms with Crippen LogP contribution in [0.1, 0.15) is 5.69 Å². The Labute approximate surface area is 64.0 Å². The molecule has 2 nitrogen and oxygen atoms in total. The Morgan fingerprint density at radius 1 is 1.64 bits per heavy atom. The van der Waals surface area contributed by atoms with Crippen molar-refractivity contribution in [3.05, 3.63) is 29.8 Å². The van der Waals surface area contributed by atoms with E-state index < -0.39 is 0 Å². The van der Waals surface area contributed by atoms with Crippen molar-refractivity contribution in [1.29, 1.82) is 0 Å². The number of pyridine rings is 1. The van der Waals surface area contributed by atoms with Crippen LogP contribution >= 0.6 is 0 Å². The molecule has 1 aliphatic heterocycles. The van der Waals surface area contributed by atoms with Crippen LogP contribution in [0.4, 0.5) is 4.39 Å². The highest BCUT2D eigenvalue weighted by Gasteiger charge is 2.22. The minimum atomic E-state index is -0.287. The van der Waals surface area contributed by atoms with Crippen molar-refractivity contribution < 1.29 is 9.13 Å². The summed E-state index contributed by atoms with van der Waals surface area (Å²) in [5.74, 6) is -0.287. The number of hydrogen-bond donors (Lipinski definition) is 0. The van der Waals surface area contributed by atoms with Gasteiger partial charge in [-0.3, -0.25) is 4.98 Å². The van der Waals surface area contributed by atoms with E-state index in [1.807, 2.05) is 0 Å². The van der Waals surface area contributed by atoms with E-state index in [-0.39, 0.29) is 5.82 Å². The molecular formula is C8H8FNO. The van der Waals surface area contributed by atoms with Crippen molar-refractivity contribution >= 4 is 0 Å². The van der Waals surface area contributed by atoms with Gasteiger partial charge in [-0.1, -0.05) is 0 Å². The summed E-state index contributed by atoms with van der Waals surface area (Å²) < 4.78 is 17.4. The molecule has 1 unspecified atom stereocenters. The Balaban J connectivity index is 2.06. The summed E-state index contributed by atoms with van der Waals surface area (Å²) >= 11 is 0. The predicted molar refractivity (Wildman–Crippen MR) is 37.6 cm³/mol. The predicted octanol–water partition coefficient (Wildman–Crippen LogP) is 1.16. The number of hydrogen-bond acceptors (Lipinski definition) is 2. The van der Waals surface area contributed by atoms with Gasteiger partial charge in [-0.25, -0.2) is 4.39 Å². The maximum absolute atomic E-state index is 12.3. The van der Waals surface area contributed by atoms with Gasteiger partial charge in [0.15, 0.2) is 0 Å². The molecule has 0 amide bonds. The van der Waals surface area contributed by atoms with E-state index in [1.165, 1.54) is 12.3 Å². The lowest BCUT2D eigenvalue weighted by atomic mass is 10.2. The third-order valence-electron chi connectivity index (χ3n) is 1.63. The van der Waals surface area contributed by atoms with Crippen LogP contribution in [-0.4, -0.2) is 17.7 Å². The fraction of sp³-hybridized carbons (Fsp3) is 0.375. The summed E-state index contributed by atoms with van der Waals surface area (Å²) in [4.78, 5) is 3.90. The summed E-state index contributed by atoms with van der Waals surface area (Å²) in [6, 6.07) is 3.11. The molecule has 1 atom stereocenters. The zero-order chi connectivity index (χ0) is 7.68. The van der Waals surface area contributed by atoms with Gasteiger partial charge in [-0.05, 0) is 12.1 Å². The molecule has 0 radical (unpaired) electrons. The van der Waals surface area contributed by atoms with Crippen LogP contribution in [0.15, 0.2) is 18.3 Å². The molecule has 1 aromatic rings. The fourth-order valence-corrected chi connectivity index (χ4v) is 0.946. The Morgan fingerprint density at radius 2 is 2.45 bits per heavy atom. The Kier molecular flexibility index (Phi) is 1.58. The van der Waals surface area contributed by atoms with E-state index in [0.29, 0.717) is 6.10 Å². The molecule has 1 fully saturated rings. The molecule has 2 rings (SSSR count).